The van der Waals surface area contributed by atoms with Crippen molar-refractivity contribution in [1.82, 2.24) is 0 Å². The second-order valence-corrected chi connectivity index (χ2v) is 4.17. The molecule has 0 aliphatic heterocycles. The number of hydrogen-bond acceptors (Lipinski definition) is 3. The van der Waals surface area contributed by atoms with E-state index in [1.165, 1.54) is 11.8 Å². The highest BCUT2D eigenvalue weighted by atomic mass is 32.2. The summed E-state index contributed by atoms with van der Waals surface area (Å²) in [4.78, 5) is 10.4. The van der Waals surface area contributed by atoms with E-state index in [4.69, 9.17) is 9.84 Å². The van der Waals surface area contributed by atoms with Gasteiger partial charge in [0.05, 0.1) is 11.9 Å². The van der Waals surface area contributed by atoms with Crippen molar-refractivity contribution in [3.63, 3.8) is 0 Å². The van der Waals surface area contributed by atoms with Crippen LogP contribution in [0.15, 0.2) is 0 Å². The second kappa shape index (κ2) is 5.43. The number of hydrogen-bond donors (Lipinski definition) is 1. The molecule has 1 N–H and O–H groups in total. The Morgan fingerprint density at radius 2 is 2.18 bits per heavy atom. The minimum Gasteiger partial charge on any atom is -0.480 e. The number of carboxylic acids is 1. The van der Waals surface area contributed by atoms with E-state index in [-0.39, 0.29) is 10.5 Å². The van der Waals surface area contributed by atoms with Crippen LogP contribution in [-0.2, 0) is 9.53 Å². The Morgan fingerprint density at radius 3 is 2.55 bits per heavy atom. The van der Waals surface area contributed by atoms with Crippen LogP contribution in [-0.4, -0.2) is 35.3 Å². The van der Waals surface area contributed by atoms with Gasteiger partial charge in [0.2, 0.25) is 0 Å². The summed E-state index contributed by atoms with van der Waals surface area (Å²) in [5.74, 6) is -0.766. The molecule has 2 unspecified atom stereocenters. The third-order valence-electron chi connectivity index (χ3n) is 1.19. The maximum Gasteiger partial charge on any atom is 0.316 e. The lowest BCUT2D eigenvalue weighted by Crippen LogP contribution is -2.17. The van der Waals surface area contributed by atoms with Gasteiger partial charge in [-0.25, -0.2) is 0 Å². The van der Waals surface area contributed by atoms with Crippen LogP contribution in [0.3, 0.4) is 0 Å². The van der Waals surface area contributed by atoms with E-state index in [0.29, 0.717) is 6.61 Å². The molecule has 0 aromatic rings. The standard InChI is InChI=1S/C7H14O3S/c1-5(4-10-3)11-6(2)7(8)9/h5-6H,4H2,1-3H3,(H,8,9). The lowest BCUT2D eigenvalue weighted by Gasteiger charge is -2.12. The topological polar surface area (TPSA) is 46.5 Å². The number of rotatable bonds is 5. The maximum absolute atomic E-state index is 10.4. The molecule has 0 aliphatic rings. The van der Waals surface area contributed by atoms with Crippen LogP contribution in [0.5, 0.6) is 0 Å². The fourth-order valence-corrected chi connectivity index (χ4v) is 1.71. The molecule has 0 rings (SSSR count). The fourth-order valence-electron chi connectivity index (χ4n) is 0.681. The fraction of sp³-hybridized carbons (Fsp3) is 0.857. The first kappa shape index (κ1) is 10.8. The quantitative estimate of drug-likeness (QED) is 0.687. The Labute approximate surface area is 71.1 Å². The molecular formula is C7H14O3S. The van der Waals surface area contributed by atoms with Crippen LogP contribution in [0.4, 0.5) is 0 Å². The summed E-state index contributed by atoms with van der Waals surface area (Å²) in [6.07, 6.45) is 0. The average Bonchev–Trinajstić information content (AvgIpc) is 1.87. The van der Waals surface area contributed by atoms with Crippen molar-refractivity contribution < 1.29 is 14.6 Å². The van der Waals surface area contributed by atoms with E-state index in [1.54, 1.807) is 14.0 Å². The third-order valence-corrected chi connectivity index (χ3v) is 2.40. The molecule has 3 nitrogen and oxygen atoms in total. The summed E-state index contributed by atoms with van der Waals surface area (Å²) in [5.41, 5.74) is 0. The van der Waals surface area contributed by atoms with Gasteiger partial charge in [0.1, 0.15) is 0 Å². The normalized spacial score (nSPS) is 15.9. The van der Waals surface area contributed by atoms with Crippen molar-refractivity contribution in [3.05, 3.63) is 0 Å². The Kier molecular flexibility index (Phi) is 5.32. The van der Waals surface area contributed by atoms with Crippen LogP contribution in [0.2, 0.25) is 0 Å². The minimum atomic E-state index is -0.766. The summed E-state index contributed by atoms with van der Waals surface area (Å²) < 4.78 is 4.87. The molecule has 0 fully saturated rings. The van der Waals surface area contributed by atoms with E-state index in [0.717, 1.165) is 0 Å². The number of aliphatic carboxylic acids is 1. The number of carboxylic acid groups (broad SMARTS) is 1. The van der Waals surface area contributed by atoms with Crippen molar-refractivity contribution >= 4 is 17.7 Å². The second-order valence-electron chi connectivity index (χ2n) is 2.38. The maximum atomic E-state index is 10.4. The van der Waals surface area contributed by atoms with Crippen molar-refractivity contribution in [2.45, 2.75) is 24.3 Å². The Hall–Kier alpha value is -0.220. The molecule has 11 heavy (non-hydrogen) atoms. The molecule has 0 radical (unpaired) electrons. The van der Waals surface area contributed by atoms with Gasteiger partial charge in [-0.1, -0.05) is 6.92 Å². The van der Waals surface area contributed by atoms with Crippen LogP contribution < -0.4 is 0 Å². The van der Waals surface area contributed by atoms with Gasteiger partial charge in [0, 0.05) is 12.4 Å². The summed E-state index contributed by atoms with van der Waals surface area (Å²) in [7, 11) is 1.61. The van der Waals surface area contributed by atoms with Crippen molar-refractivity contribution in [1.29, 1.82) is 0 Å². The summed E-state index contributed by atoms with van der Waals surface area (Å²) >= 11 is 1.41. The molecule has 4 heteroatoms. The highest BCUT2D eigenvalue weighted by Crippen LogP contribution is 2.17. The molecule has 66 valence electrons. The van der Waals surface area contributed by atoms with Crippen molar-refractivity contribution in [2.24, 2.45) is 0 Å². The van der Waals surface area contributed by atoms with E-state index >= 15 is 0 Å². The van der Waals surface area contributed by atoms with Gasteiger partial charge in [-0.05, 0) is 6.92 Å². The average molecular weight is 178 g/mol. The van der Waals surface area contributed by atoms with E-state index in [2.05, 4.69) is 0 Å². The Balaban J connectivity index is 3.56. The molecule has 0 aliphatic carbocycles. The predicted molar refractivity (Wildman–Crippen MR) is 46.0 cm³/mol. The lowest BCUT2D eigenvalue weighted by molar-refractivity contribution is -0.136. The Bertz CT molecular complexity index is 127. The van der Waals surface area contributed by atoms with Gasteiger partial charge in [-0.2, -0.15) is 0 Å². The largest absolute Gasteiger partial charge is 0.480 e. The van der Waals surface area contributed by atoms with Gasteiger partial charge in [0.25, 0.3) is 0 Å². The van der Waals surface area contributed by atoms with Crippen LogP contribution in [0.1, 0.15) is 13.8 Å². The number of ether oxygens (including phenoxy) is 1. The molecule has 0 heterocycles. The molecule has 0 bridgehead atoms. The molecular weight excluding hydrogens is 164 g/mol. The first-order valence-electron chi connectivity index (χ1n) is 3.45. The highest BCUT2D eigenvalue weighted by molar-refractivity contribution is 8.01. The zero-order valence-corrected chi connectivity index (χ0v) is 7.85. The van der Waals surface area contributed by atoms with E-state index in [9.17, 15) is 4.79 Å². The summed E-state index contributed by atoms with van der Waals surface area (Å²) in [6, 6.07) is 0. The Morgan fingerprint density at radius 1 is 1.64 bits per heavy atom. The van der Waals surface area contributed by atoms with Crippen LogP contribution in [0.25, 0.3) is 0 Å². The molecule has 0 aromatic carbocycles. The van der Waals surface area contributed by atoms with E-state index in [1.807, 2.05) is 6.92 Å². The summed E-state index contributed by atoms with van der Waals surface area (Å²) in [6.45, 7) is 4.23. The molecule has 0 saturated carbocycles. The summed E-state index contributed by atoms with van der Waals surface area (Å²) in [5, 5.41) is 8.43. The molecule has 0 amide bonds. The smallest absolute Gasteiger partial charge is 0.316 e. The molecule has 0 spiro atoms. The molecule has 2 atom stereocenters. The van der Waals surface area contributed by atoms with Crippen LogP contribution >= 0.6 is 11.8 Å². The van der Waals surface area contributed by atoms with Gasteiger partial charge in [-0.3, -0.25) is 4.79 Å². The van der Waals surface area contributed by atoms with Gasteiger partial charge >= 0.3 is 5.97 Å². The van der Waals surface area contributed by atoms with Crippen molar-refractivity contribution in [2.75, 3.05) is 13.7 Å². The first-order chi connectivity index (χ1) is 5.07. The van der Waals surface area contributed by atoms with Gasteiger partial charge in [0.15, 0.2) is 0 Å². The first-order valence-corrected chi connectivity index (χ1v) is 4.39. The van der Waals surface area contributed by atoms with E-state index < -0.39 is 5.97 Å². The molecule has 0 saturated heterocycles. The van der Waals surface area contributed by atoms with Crippen molar-refractivity contribution in [3.8, 4) is 0 Å². The molecule has 0 aromatic heterocycles. The predicted octanol–water partition coefficient (Wildman–Crippen LogP) is 1.23. The monoisotopic (exact) mass is 178 g/mol. The van der Waals surface area contributed by atoms with Crippen LogP contribution in [0, 0.1) is 0 Å². The SMILES string of the molecule is COCC(C)SC(C)C(=O)O. The number of methoxy groups -OCH3 is 1. The lowest BCUT2D eigenvalue weighted by atomic mass is 10.5. The highest BCUT2D eigenvalue weighted by Gasteiger charge is 2.14. The minimum absolute atomic E-state index is 0.242. The van der Waals surface area contributed by atoms with Gasteiger partial charge < -0.3 is 9.84 Å². The number of thioether (sulfide) groups is 1. The van der Waals surface area contributed by atoms with Gasteiger partial charge in [-0.15, -0.1) is 11.8 Å². The third kappa shape index (κ3) is 5.09. The zero-order valence-electron chi connectivity index (χ0n) is 7.03. The number of carbonyl (C=O) groups is 1. The zero-order chi connectivity index (χ0) is 8.85.